The highest BCUT2D eigenvalue weighted by Crippen LogP contribution is 2.20. The first kappa shape index (κ1) is 19.9. The lowest BCUT2D eigenvalue weighted by atomic mass is 10.1. The Morgan fingerprint density at radius 1 is 1.38 bits per heavy atom. The molecule has 2 rings (SSSR count). The van der Waals surface area contributed by atoms with Crippen molar-refractivity contribution in [2.45, 2.75) is 40.0 Å². The molecule has 0 bridgehead atoms. The molecule has 7 heteroatoms. The molecule has 6 nitrogen and oxygen atoms in total. The fraction of sp³-hybridized carbons (Fsp3) is 0.421. The third-order valence-electron chi connectivity index (χ3n) is 3.52. The highest BCUT2D eigenvalue weighted by Gasteiger charge is 2.08. The summed E-state index contributed by atoms with van der Waals surface area (Å²) in [5, 5.41) is 6.66. The molecule has 1 aromatic carbocycles. The van der Waals surface area contributed by atoms with Crippen molar-refractivity contribution in [1.29, 1.82) is 0 Å². The molecule has 0 fully saturated rings. The van der Waals surface area contributed by atoms with Crippen LogP contribution in [0.3, 0.4) is 0 Å². The molecule has 26 heavy (non-hydrogen) atoms. The first-order valence-electron chi connectivity index (χ1n) is 8.75. The van der Waals surface area contributed by atoms with Crippen LogP contribution in [0.4, 0.5) is 5.13 Å². The minimum absolute atomic E-state index is 0.173. The highest BCUT2D eigenvalue weighted by atomic mass is 32.1. The summed E-state index contributed by atoms with van der Waals surface area (Å²) in [6.45, 7) is 7.05. The molecule has 1 aromatic heterocycles. The van der Waals surface area contributed by atoms with Crippen LogP contribution in [-0.2, 0) is 16.0 Å². The van der Waals surface area contributed by atoms with Crippen LogP contribution in [0.5, 0.6) is 5.75 Å². The highest BCUT2D eigenvalue weighted by molar-refractivity contribution is 7.13. The number of nitrogens with one attached hydrogen (secondary N) is 1. The van der Waals surface area contributed by atoms with Gasteiger partial charge >= 0.3 is 5.97 Å². The van der Waals surface area contributed by atoms with E-state index in [0.717, 1.165) is 36.3 Å². The maximum atomic E-state index is 11.5. The van der Waals surface area contributed by atoms with E-state index in [2.05, 4.69) is 22.4 Å². The Labute approximate surface area is 158 Å². The van der Waals surface area contributed by atoms with E-state index in [1.165, 1.54) is 11.3 Å². The predicted molar refractivity (Wildman–Crippen MR) is 105 cm³/mol. The molecule has 0 radical (unpaired) electrons. The van der Waals surface area contributed by atoms with Gasteiger partial charge in [-0.25, -0.2) is 4.98 Å². The van der Waals surface area contributed by atoms with Crippen LogP contribution in [-0.4, -0.2) is 30.4 Å². The lowest BCUT2D eigenvalue weighted by molar-refractivity contribution is -0.142. The van der Waals surface area contributed by atoms with Crippen molar-refractivity contribution >= 4 is 28.7 Å². The Morgan fingerprint density at radius 2 is 2.23 bits per heavy atom. The van der Waals surface area contributed by atoms with Crippen LogP contribution in [0.25, 0.3) is 0 Å². The minimum atomic E-state index is -0.275. The monoisotopic (exact) mass is 375 g/mol. The zero-order valence-electron chi connectivity index (χ0n) is 15.4. The number of benzene rings is 1. The number of hydrazone groups is 1. The molecule has 0 atom stereocenters. The number of carbonyl (C=O) groups is 1. The lowest BCUT2D eigenvalue weighted by Gasteiger charge is -2.09. The van der Waals surface area contributed by atoms with E-state index in [9.17, 15) is 4.79 Å². The molecule has 1 N–H and O–H groups in total. The van der Waals surface area contributed by atoms with Gasteiger partial charge in [0.25, 0.3) is 0 Å². The van der Waals surface area contributed by atoms with Crippen molar-refractivity contribution in [3.8, 4) is 5.75 Å². The zero-order chi connectivity index (χ0) is 18.8. The number of anilines is 1. The second-order valence-electron chi connectivity index (χ2n) is 5.72. The van der Waals surface area contributed by atoms with Crippen molar-refractivity contribution in [1.82, 2.24) is 4.98 Å². The van der Waals surface area contributed by atoms with Crippen molar-refractivity contribution in [2.24, 2.45) is 5.10 Å². The number of hydrogen-bond donors (Lipinski definition) is 1. The third kappa shape index (κ3) is 6.48. The van der Waals surface area contributed by atoms with E-state index in [1.807, 2.05) is 30.5 Å². The van der Waals surface area contributed by atoms with E-state index in [-0.39, 0.29) is 12.4 Å². The SMILES string of the molecule is CCCCOc1cc(C=NNc2nc(CC(=O)OCC)cs2)ccc1C. The van der Waals surface area contributed by atoms with E-state index in [4.69, 9.17) is 9.47 Å². The van der Waals surface area contributed by atoms with Crippen LogP contribution in [0, 0.1) is 6.92 Å². The first-order valence-corrected chi connectivity index (χ1v) is 9.62. The lowest BCUT2D eigenvalue weighted by Crippen LogP contribution is -2.07. The summed E-state index contributed by atoms with van der Waals surface area (Å²) < 4.78 is 10.7. The zero-order valence-corrected chi connectivity index (χ0v) is 16.3. The third-order valence-corrected chi connectivity index (χ3v) is 4.32. The molecule has 0 aliphatic heterocycles. The summed E-state index contributed by atoms with van der Waals surface area (Å²) in [6, 6.07) is 5.98. The molecule has 0 aliphatic carbocycles. The van der Waals surface area contributed by atoms with Crippen molar-refractivity contribution < 1.29 is 14.3 Å². The van der Waals surface area contributed by atoms with E-state index >= 15 is 0 Å². The van der Waals surface area contributed by atoms with Crippen LogP contribution < -0.4 is 10.2 Å². The molecule has 140 valence electrons. The van der Waals surface area contributed by atoms with Gasteiger partial charge in [0.1, 0.15) is 5.75 Å². The van der Waals surface area contributed by atoms with Gasteiger partial charge in [0.2, 0.25) is 5.13 Å². The number of esters is 1. The van der Waals surface area contributed by atoms with E-state index in [0.29, 0.717) is 17.4 Å². The fourth-order valence-electron chi connectivity index (χ4n) is 2.14. The summed E-state index contributed by atoms with van der Waals surface area (Å²) in [4.78, 5) is 15.8. The van der Waals surface area contributed by atoms with Crippen molar-refractivity contribution in [3.05, 3.63) is 40.4 Å². The summed E-state index contributed by atoms with van der Waals surface area (Å²) in [5.41, 5.74) is 5.61. The quantitative estimate of drug-likeness (QED) is 0.292. The maximum absolute atomic E-state index is 11.5. The molecule has 0 aliphatic rings. The van der Waals surface area contributed by atoms with Gasteiger partial charge < -0.3 is 9.47 Å². The average molecular weight is 375 g/mol. The van der Waals surface area contributed by atoms with Gasteiger partial charge in [0.05, 0.1) is 31.5 Å². The standard InChI is InChI=1S/C19H25N3O3S/c1-4-6-9-25-17-10-15(8-7-14(17)3)12-20-22-19-21-16(13-26-19)11-18(23)24-5-2/h7-8,10,12-13H,4-6,9,11H2,1-3H3,(H,21,22). The van der Waals surface area contributed by atoms with Crippen LogP contribution >= 0.6 is 11.3 Å². The average Bonchev–Trinajstić information content (AvgIpc) is 3.05. The van der Waals surface area contributed by atoms with Gasteiger partial charge in [-0.2, -0.15) is 5.10 Å². The molecule has 0 spiro atoms. The van der Waals surface area contributed by atoms with Crippen LogP contribution in [0.2, 0.25) is 0 Å². The van der Waals surface area contributed by atoms with Gasteiger partial charge in [0, 0.05) is 5.38 Å². The molecule has 1 heterocycles. The maximum Gasteiger partial charge on any atom is 0.311 e. The van der Waals surface area contributed by atoms with Crippen molar-refractivity contribution in [3.63, 3.8) is 0 Å². The van der Waals surface area contributed by atoms with Gasteiger partial charge in [-0.05, 0) is 37.5 Å². The van der Waals surface area contributed by atoms with E-state index < -0.39 is 0 Å². The second-order valence-corrected chi connectivity index (χ2v) is 6.58. The first-order chi connectivity index (χ1) is 12.6. The predicted octanol–water partition coefficient (Wildman–Crippen LogP) is 4.18. The topological polar surface area (TPSA) is 72.8 Å². The second kappa shape index (κ2) is 10.6. The van der Waals surface area contributed by atoms with Gasteiger partial charge in [-0.15, -0.1) is 11.3 Å². The Balaban J connectivity index is 1.91. The smallest absolute Gasteiger partial charge is 0.311 e. The summed E-state index contributed by atoms with van der Waals surface area (Å²) >= 11 is 1.40. The molecule has 0 saturated heterocycles. The number of hydrogen-bond acceptors (Lipinski definition) is 7. The number of aryl methyl sites for hydroxylation is 1. The Hall–Kier alpha value is -2.41. The number of unbranched alkanes of at least 4 members (excludes halogenated alkanes) is 1. The molecule has 0 unspecified atom stereocenters. The van der Waals surface area contributed by atoms with E-state index in [1.54, 1.807) is 13.1 Å². The summed E-state index contributed by atoms with van der Waals surface area (Å²) in [6.07, 6.45) is 4.04. The minimum Gasteiger partial charge on any atom is -0.493 e. The number of ether oxygens (including phenoxy) is 2. The molecule has 2 aromatic rings. The Bertz CT molecular complexity index is 743. The fourth-order valence-corrected chi connectivity index (χ4v) is 2.80. The number of thiazole rings is 1. The molecule has 0 amide bonds. The normalized spacial score (nSPS) is 10.9. The number of carbonyl (C=O) groups excluding carboxylic acids is 1. The van der Waals surface area contributed by atoms with Gasteiger partial charge in [-0.3, -0.25) is 10.2 Å². The number of rotatable bonds is 10. The molecular weight excluding hydrogens is 350 g/mol. The van der Waals surface area contributed by atoms with Gasteiger partial charge in [-0.1, -0.05) is 25.5 Å². The van der Waals surface area contributed by atoms with Crippen LogP contribution in [0.15, 0.2) is 28.7 Å². The van der Waals surface area contributed by atoms with Gasteiger partial charge in [0.15, 0.2) is 0 Å². The summed E-state index contributed by atoms with van der Waals surface area (Å²) in [7, 11) is 0. The van der Waals surface area contributed by atoms with Crippen molar-refractivity contribution in [2.75, 3.05) is 18.6 Å². The summed E-state index contributed by atoms with van der Waals surface area (Å²) in [5.74, 6) is 0.608. The largest absolute Gasteiger partial charge is 0.493 e. The Morgan fingerprint density at radius 3 is 3.00 bits per heavy atom. The molecule has 0 saturated carbocycles. The Kier molecular flexibility index (Phi) is 8.08. The number of aromatic nitrogens is 1. The van der Waals surface area contributed by atoms with Crippen LogP contribution in [0.1, 0.15) is 43.5 Å². The number of nitrogens with zero attached hydrogens (tertiary/aromatic N) is 2. The molecular formula is C19H25N3O3S.